The van der Waals surface area contributed by atoms with E-state index >= 15 is 0 Å². The summed E-state index contributed by atoms with van der Waals surface area (Å²) in [5.41, 5.74) is 2.87. The van der Waals surface area contributed by atoms with Crippen molar-refractivity contribution in [2.24, 2.45) is 20.4 Å². The maximum atomic E-state index is 10.3. The third-order valence-corrected chi connectivity index (χ3v) is 8.79. The van der Waals surface area contributed by atoms with Crippen LogP contribution in [0.1, 0.15) is 30.0 Å². The van der Waals surface area contributed by atoms with Gasteiger partial charge in [-0.25, -0.2) is 0 Å². The number of hydrogen-bond acceptors (Lipinski definition) is 9. The number of aliphatic imine (C=N–C) groups is 3. The molecule has 0 bridgehead atoms. The first-order chi connectivity index (χ1) is 26.4. The van der Waals surface area contributed by atoms with Crippen molar-refractivity contribution in [2.45, 2.75) is 13.3 Å². The zero-order chi connectivity index (χ0) is 37.6. The first-order valence-electron chi connectivity index (χ1n) is 17.5. The predicted octanol–water partition coefficient (Wildman–Crippen LogP) is 9.99. The number of phenols is 3. The molecule has 0 atom stereocenters. The van der Waals surface area contributed by atoms with Gasteiger partial charge >= 0.3 is 0 Å². The number of aromatic hydroxyl groups is 3. The summed E-state index contributed by atoms with van der Waals surface area (Å²) in [6.07, 6.45) is 5.44. The minimum atomic E-state index is -0.683. The fourth-order valence-electron chi connectivity index (χ4n) is 5.39. The summed E-state index contributed by atoms with van der Waals surface area (Å²) in [6, 6.07) is 43.4. The second-order valence-electron chi connectivity index (χ2n) is 12.6. The number of rotatable bonds is 16. The van der Waals surface area contributed by atoms with Gasteiger partial charge in [-0.05, 0) is 79.2 Å². The molecule has 0 saturated heterocycles. The molecule has 0 heterocycles. The van der Waals surface area contributed by atoms with Gasteiger partial charge in [0.1, 0.15) is 71.4 Å². The van der Waals surface area contributed by atoms with E-state index in [4.69, 9.17) is 14.2 Å². The Bertz CT molecular complexity index is 2000. The lowest BCUT2D eigenvalue weighted by Gasteiger charge is -2.32. The maximum Gasteiger partial charge on any atom is 0.144 e. The minimum absolute atomic E-state index is 0.134. The van der Waals surface area contributed by atoms with Gasteiger partial charge in [0.15, 0.2) is 0 Å². The Morgan fingerprint density at radius 1 is 0.426 bits per heavy atom. The second kappa shape index (κ2) is 18.1. The van der Waals surface area contributed by atoms with Crippen molar-refractivity contribution in [3.05, 3.63) is 162 Å². The summed E-state index contributed by atoms with van der Waals surface area (Å²) in [7, 11) is 0. The average Bonchev–Trinajstić information content (AvgIpc) is 3.21. The van der Waals surface area contributed by atoms with Gasteiger partial charge in [0.25, 0.3) is 0 Å². The molecule has 0 saturated carbocycles. The highest BCUT2D eigenvalue weighted by atomic mass is 16.5. The zero-order valence-electron chi connectivity index (χ0n) is 29.8. The van der Waals surface area contributed by atoms with Crippen LogP contribution in [0.4, 0.5) is 17.1 Å². The molecule has 272 valence electrons. The van der Waals surface area contributed by atoms with Crippen molar-refractivity contribution in [2.75, 3.05) is 19.8 Å². The van der Waals surface area contributed by atoms with Gasteiger partial charge in [-0.2, -0.15) is 0 Å². The van der Waals surface area contributed by atoms with Gasteiger partial charge in [0.2, 0.25) is 0 Å². The summed E-state index contributed by atoms with van der Waals surface area (Å²) in [5, 5.41) is 30.8. The lowest BCUT2D eigenvalue weighted by atomic mass is 9.88. The monoisotopic (exact) mass is 719 g/mol. The minimum Gasteiger partial charge on any atom is -0.507 e. The smallest absolute Gasteiger partial charge is 0.144 e. The molecule has 0 fully saturated rings. The lowest BCUT2D eigenvalue weighted by Crippen LogP contribution is -2.40. The Morgan fingerprint density at radius 2 is 0.704 bits per heavy atom. The molecule has 0 radical (unpaired) electrons. The lowest BCUT2D eigenvalue weighted by molar-refractivity contribution is 0.0299. The second-order valence-corrected chi connectivity index (χ2v) is 12.6. The molecule has 54 heavy (non-hydrogen) atoms. The van der Waals surface area contributed by atoms with Crippen LogP contribution in [-0.4, -0.2) is 53.8 Å². The number of ether oxygens (including phenoxy) is 3. The highest BCUT2D eigenvalue weighted by Crippen LogP contribution is 2.36. The summed E-state index contributed by atoms with van der Waals surface area (Å²) in [6.45, 7) is 2.68. The van der Waals surface area contributed by atoms with Gasteiger partial charge < -0.3 is 29.5 Å². The number of hydrogen-bond donors (Lipinski definition) is 3. The topological polar surface area (TPSA) is 125 Å². The van der Waals surface area contributed by atoms with Crippen LogP contribution in [0.5, 0.6) is 34.5 Å². The SMILES string of the molecule is CCC(COc1ccccc1N=Cc1ccccc1O)(COc1ccccc1N=Cc1ccccc1O)COc1ccccc1N=Cc1ccccc1O. The van der Waals surface area contributed by atoms with Crippen LogP contribution in [0.25, 0.3) is 0 Å². The molecule has 0 aliphatic carbocycles. The van der Waals surface area contributed by atoms with E-state index in [1.165, 1.54) is 0 Å². The van der Waals surface area contributed by atoms with E-state index in [0.29, 0.717) is 57.4 Å². The molecular formula is C45H41N3O6. The van der Waals surface area contributed by atoms with Crippen LogP contribution in [0, 0.1) is 5.41 Å². The van der Waals surface area contributed by atoms with Crippen LogP contribution in [0.15, 0.2) is 161 Å². The standard InChI is InChI=1S/C45H41N3O6/c1-2-45(30-52-42-24-12-6-18-36(42)46-27-33-15-3-9-21-39(33)49,31-53-43-25-13-7-19-37(43)47-28-34-16-4-10-22-40(34)50)32-54-44-26-14-8-20-38(44)48-29-35-17-5-11-23-41(35)51/h3-29,49-51H,2,30-32H2,1H3. The molecule has 6 aromatic rings. The van der Waals surface area contributed by atoms with Crippen LogP contribution in [0.3, 0.4) is 0 Å². The third kappa shape index (κ3) is 9.71. The van der Waals surface area contributed by atoms with Gasteiger partial charge in [-0.1, -0.05) is 79.7 Å². The van der Waals surface area contributed by atoms with Gasteiger partial charge in [0.05, 0.1) is 5.41 Å². The molecular weight excluding hydrogens is 679 g/mol. The Morgan fingerprint density at radius 3 is 1.00 bits per heavy atom. The molecule has 0 unspecified atom stereocenters. The largest absolute Gasteiger partial charge is 0.507 e. The highest BCUT2D eigenvalue weighted by molar-refractivity contribution is 5.87. The normalized spacial score (nSPS) is 12.6. The van der Waals surface area contributed by atoms with E-state index < -0.39 is 5.41 Å². The number of phenolic OH excluding ortho intramolecular Hbond substituents is 3. The first-order valence-corrected chi connectivity index (χ1v) is 17.5. The Balaban J connectivity index is 1.27. The van der Waals surface area contributed by atoms with Crippen molar-refractivity contribution in [1.82, 2.24) is 0 Å². The summed E-state index contributed by atoms with van der Waals surface area (Å²) in [5.74, 6) is 2.07. The molecule has 0 spiro atoms. The van der Waals surface area contributed by atoms with Crippen molar-refractivity contribution in [3.63, 3.8) is 0 Å². The molecule has 0 aromatic heterocycles. The highest BCUT2D eigenvalue weighted by Gasteiger charge is 2.33. The fraction of sp³-hybridized carbons (Fsp3) is 0.133. The third-order valence-electron chi connectivity index (χ3n) is 8.79. The summed E-state index contributed by atoms with van der Waals surface area (Å²) >= 11 is 0. The van der Waals surface area contributed by atoms with Crippen LogP contribution in [0.2, 0.25) is 0 Å². The van der Waals surface area contributed by atoms with E-state index in [9.17, 15) is 15.3 Å². The molecule has 0 aliphatic rings. The van der Waals surface area contributed by atoms with E-state index in [1.807, 2.05) is 91.0 Å². The molecule has 9 heteroatoms. The van der Waals surface area contributed by atoms with E-state index in [-0.39, 0.29) is 37.1 Å². The summed E-state index contributed by atoms with van der Waals surface area (Å²) in [4.78, 5) is 13.9. The Labute approximate surface area is 314 Å². The molecule has 0 aliphatic heterocycles. The number of nitrogens with zero attached hydrogens (tertiary/aromatic N) is 3. The van der Waals surface area contributed by atoms with Gasteiger partial charge in [0, 0.05) is 35.3 Å². The molecule has 9 nitrogen and oxygen atoms in total. The molecule has 3 N–H and O–H groups in total. The number of benzene rings is 6. The van der Waals surface area contributed by atoms with Gasteiger partial charge in [-0.15, -0.1) is 0 Å². The maximum absolute atomic E-state index is 10.3. The average molecular weight is 720 g/mol. The molecule has 6 aromatic carbocycles. The van der Waals surface area contributed by atoms with Crippen molar-refractivity contribution < 1.29 is 29.5 Å². The van der Waals surface area contributed by atoms with Crippen LogP contribution in [-0.2, 0) is 0 Å². The number of para-hydroxylation sites is 9. The van der Waals surface area contributed by atoms with E-state index in [0.717, 1.165) is 0 Å². The van der Waals surface area contributed by atoms with Crippen molar-refractivity contribution in [3.8, 4) is 34.5 Å². The predicted molar refractivity (Wildman–Crippen MR) is 215 cm³/mol. The molecule has 0 amide bonds. The van der Waals surface area contributed by atoms with Crippen LogP contribution >= 0.6 is 0 Å². The Hall–Kier alpha value is -6.87. The van der Waals surface area contributed by atoms with E-state index in [1.54, 1.807) is 73.2 Å². The fourth-order valence-corrected chi connectivity index (χ4v) is 5.39. The Kier molecular flexibility index (Phi) is 12.3. The zero-order valence-corrected chi connectivity index (χ0v) is 29.8. The quantitative estimate of drug-likeness (QED) is 0.0856. The molecule has 6 rings (SSSR count). The summed E-state index contributed by atoms with van der Waals surface area (Å²) < 4.78 is 19.6. The first kappa shape index (κ1) is 36.9. The van der Waals surface area contributed by atoms with Crippen LogP contribution < -0.4 is 14.2 Å². The van der Waals surface area contributed by atoms with Gasteiger partial charge in [-0.3, -0.25) is 15.0 Å². The van der Waals surface area contributed by atoms with Crippen molar-refractivity contribution >= 4 is 35.7 Å². The van der Waals surface area contributed by atoms with E-state index in [2.05, 4.69) is 21.9 Å². The van der Waals surface area contributed by atoms with Crippen molar-refractivity contribution in [1.29, 1.82) is 0 Å².